The van der Waals surface area contributed by atoms with E-state index in [1.165, 1.54) is 11.1 Å². The van der Waals surface area contributed by atoms with E-state index in [1.807, 2.05) is 0 Å². The Kier molecular flexibility index (Phi) is 4.11. The van der Waals surface area contributed by atoms with Crippen molar-refractivity contribution in [2.75, 3.05) is 0 Å². The molecular weight excluding hydrogens is 150 g/mol. The molecule has 0 aliphatic heterocycles. The van der Waals surface area contributed by atoms with Crippen LogP contribution in [0.5, 0.6) is 0 Å². The monoisotopic (exact) mass is 157 g/mol. The molecule has 10 heavy (non-hydrogen) atoms. The average Bonchev–Trinajstić information content (AvgIpc) is 1.81. The zero-order valence-corrected chi connectivity index (χ0v) is 6.01. The molecule has 2 nitrogen and oxygen atoms in total. The number of hydrogen-bond acceptors (Lipinski definition) is 2. The van der Waals surface area contributed by atoms with Crippen LogP contribution in [0.4, 0.5) is 0 Å². The standard InChI is InChI=1S/C6H4.BH2O2.ClH/c1-2-6-4-3-5(1)6;2-1-3;/h1-4H;2-3H;1H. The van der Waals surface area contributed by atoms with Gasteiger partial charge >= 0.3 is 7.69 Å². The molecule has 4 heteroatoms. The van der Waals surface area contributed by atoms with Gasteiger partial charge in [0.2, 0.25) is 0 Å². The van der Waals surface area contributed by atoms with Crippen molar-refractivity contribution < 1.29 is 10.0 Å². The van der Waals surface area contributed by atoms with E-state index in [9.17, 15) is 0 Å². The maximum atomic E-state index is 7.00. The summed E-state index contributed by atoms with van der Waals surface area (Å²) in [6, 6.07) is 8.48. The Morgan fingerprint density at radius 1 is 0.900 bits per heavy atom. The van der Waals surface area contributed by atoms with Crippen LogP contribution in [-0.2, 0) is 0 Å². The van der Waals surface area contributed by atoms with Gasteiger partial charge in [0.15, 0.2) is 0 Å². The first-order valence-corrected chi connectivity index (χ1v) is 2.59. The average molecular weight is 157 g/mol. The van der Waals surface area contributed by atoms with Crippen molar-refractivity contribution in [2.45, 2.75) is 0 Å². The molecule has 0 aromatic carbocycles. The van der Waals surface area contributed by atoms with E-state index in [0.717, 1.165) is 0 Å². The topological polar surface area (TPSA) is 40.5 Å². The van der Waals surface area contributed by atoms with Gasteiger partial charge in [-0.25, -0.2) is 0 Å². The van der Waals surface area contributed by atoms with Crippen LogP contribution in [-0.4, -0.2) is 17.7 Å². The summed E-state index contributed by atoms with van der Waals surface area (Å²) in [5, 5.41) is 14.0. The second-order valence-electron chi connectivity index (χ2n) is 1.69. The Morgan fingerprint density at radius 2 is 1.10 bits per heavy atom. The normalized spacial score (nSPS) is 8.20. The molecule has 2 rings (SSSR count). The van der Waals surface area contributed by atoms with Gasteiger partial charge in [-0.1, -0.05) is 24.3 Å². The molecule has 2 N–H and O–H groups in total. The van der Waals surface area contributed by atoms with E-state index in [2.05, 4.69) is 24.3 Å². The molecule has 53 valence electrons. The van der Waals surface area contributed by atoms with Crippen LogP contribution in [0.1, 0.15) is 0 Å². The third-order valence-corrected chi connectivity index (χ3v) is 1.22. The second kappa shape index (κ2) is 4.33. The first kappa shape index (κ1) is 9.49. The molecule has 2 aliphatic rings. The molecule has 0 bridgehead atoms. The van der Waals surface area contributed by atoms with Gasteiger partial charge in [0, 0.05) is 0 Å². The molecule has 0 aromatic heterocycles. The van der Waals surface area contributed by atoms with Crippen LogP contribution >= 0.6 is 12.4 Å². The number of rotatable bonds is 0. The lowest BCUT2D eigenvalue weighted by Crippen LogP contribution is -1.85. The third-order valence-electron chi connectivity index (χ3n) is 1.22. The molecule has 1 radical (unpaired) electrons. The molecule has 0 spiro atoms. The molecular formula is C6H7BClO2. The quantitative estimate of drug-likeness (QED) is 0.550. The lowest BCUT2D eigenvalue weighted by molar-refractivity contribution is 0.448. The smallest absolute Gasteiger partial charge is 0.429 e. The Bertz CT molecular complexity index is 166. The summed E-state index contributed by atoms with van der Waals surface area (Å²) in [5.74, 6) is 0. The minimum atomic E-state index is 0. The first-order valence-electron chi connectivity index (χ1n) is 2.59. The van der Waals surface area contributed by atoms with Crippen molar-refractivity contribution in [3.8, 4) is 11.1 Å². The van der Waals surface area contributed by atoms with Gasteiger partial charge in [-0.3, -0.25) is 0 Å². The number of fused-ring (bicyclic) bond motifs is 1. The minimum absolute atomic E-state index is 0. The van der Waals surface area contributed by atoms with Crippen molar-refractivity contribution in [3.05, 3.63) is 24.3 Å². The van der Waals surface area contributed by atoms with Crippen molar-refractivity contribution in [3.63, 3.8) is 0 Å². The highest BCUT2D eigenvalue weighted by Crippen LogP contribution is 2.29. The molecule has 0 heterocycles. The maximum absolute atomic E-state index is 7.00. The fourth-order valence-electron chi connectivity index (χ4n) is 0.663. The largest absolute Gasteiger partial charge is 0.482 e. The van der Waals surface area contributed by atoms with Gasteiger partial charge in [0.25, 0.3) is 0 Å². The van der Waals surface area contributed by atoms with E-state index >= 15 is 0 Å². The number of benzene rings is 1. The van der Waals surface area contributed by atoms with Gasteiger partial charge in [0.05, 0.1) is 0 Å². The second-order valence-corrected chi connectivity index (χ2v) is 1.69. The zero-order valence-electron chi connectivity index (χ0n) is 5.19. The molecule has 2 aliphatic carbocycles. The summed E-state index contributed by atoms with van der Waals surface area (Å²) >= 11 is 0. The predicted molar refractivity (Wildman–Crippen MR) is 42.9 cm³/mol. The maximum Gasteiger partial charge on any atom is 0.482 e. The summed E-state index contributed by atoms with van der Waals surface area (Å²) in [6.07, 6.45) is 0. The lowest BCUT2D eigenvalue weighted by Gasteiger charge is -2.10. The molecule has 0 saturated carbocycles. The van der Waals surface area contributed by atoms with Crippen LogP contribution < -0.4 is 0 Å². The highest BCUT2D eigenvalue weighted by molar-refractivity contribution is 6.13. The summed E-state index contributed by atoms with van der Waals surface area (Å²) in [4.78, 5) is 0. The van der Waals surface area contributed by atoms with Gasteiger partial charge in [-0.2, -0.15) is 0 Å². The van der Waals surface area contributed by atoms with Crippen LogP contribution in [0.3, 0.4) is 0 Å². The van der Waals surface area contributed by atoms with Crippen LogP contribution in [0.2, 0.25) is 0 Å². The summed E-state index contributed by atoms with van der Waals surface area (Å²) in [7, 11) is 0. The van der Waals surface area contributed by atoms with Gasteiger partial charge in [-0.15, -0.1) is 12.4 Å². The van der Waals surface area contributed by atoms with Gasteiger partial charge in [0.1, 0.15) is 0 Å². The van der Waals surface area contributed by atoms with E-state index in [-0.39, 0.29) is 20.1 Å². The number of hydrogen-bond donors (Lipinski definition) is 2. The molecule has 0 aromatic rings. The van der Waals surface area contributed by atoms with E-state index in [4.69, 9.17) is 10.0 Å². The minimum Gasteiger partial charge on any atom is -0.429 e. The highest BCUT2D eigenvalue weighted by Gasteiger charge is 2.03. The highest BCUT2D eigenvalue weighted by atomic mass is 35.5. The van der Waals surface area contributed by atoms with Crippen LogP contribution in [0.25, 0.3) is 11.1 Å². The Labute approximate surface area is 66.2 Å². The fraction of sp³-hybridized carbons (Fsp3) is 0. The predicted octanol–water partition coefficient (Wildman–Crippen LogP) is 0.594. The van der Waals surface area contributed by atoms with E-state index in [0.29, 0.717) is 0 Å². The van der Waals surface area contributed by atoms with E-state index in [1.54, 1.807) is 0 Å². The van der Waals surface area contributed by atoms with Crippen molar-refractivity contribution in [1.29, 1.82) is 0 Å². The van der Waals surface area contributed by atoms with Crippen LogP contribution in [0.15, 0.2) is 24.3 Å². The molecule has 0 unspecified atom stereocenters. The SMILES string of the molecule is Cl.O[B]O.c1cc2ccc1-2. The molecule has 0 fully saturated rings. The third kappa shape index (κ3) is 1.74. The molecule has 0 atom stereocenters. The summed E-state index contributed by atoms with van der Waals surface area (Å²) in [6.45, 7) is 0. The van der Waals surface area contributed by atoms with E-state index < -0.39 is 0 Å². The fourth-order valence-corrected chi connectivity index (χ4v) is 0.663. The van der Waals surface area contributed by atoms with Crippen molar-refractivity contribution in [2.24, 2.45) is 0 Å². The van der Waals surface area contributed by atoms with Crippen molar-refractivity contribution >= 4 is 20.1 Å². The summed E-state index contributed by atoms with van der Waals surface area (Å²) < 4.78 is 0. The first-order chi connectivity index (χ1) is 4.38. The summed E-state index contributed by atoms with van der Waals surface area (Å²) in [5.41, 5.74) is 2.85. The number of halogens is 1. The Hall–Kier alpha value is -0.505. The Morgan fingerprint density at radius 3 is 1.10 bits per heavy atom. The molecule has 0 amide bonds. The Balaban J connectivity index is 0.000000183. The van der Waals surface area contributed by atoms with Crippen LogP contribution in [0, 0.1) is 0 Å². The van der Waals surface area contributed by atoms with Gasteiger partial charge in [-0.05, 0) is 11.1 Å². The molecule has 0 saturated heterocycles. The van der Waals surface area contributed by atoms with Crippen molar-refractivity contribution in [1.82, 2.24) is 0 Å². The zero-order chi connectivity index (χ0) is 6.69. The lowest BCUT2D eigenvalue weighted by atomic mass is 9.95. The van der Waals surface area contributed by atoms with Gasteiger partial charge < -0.3 is 10.0 Å².